The summed E-state index contributed by atoms with van der Waals surface area (Å²) in [5, 5.41) is 2.94. The molecule has 0 spiro atoms. The van der Waals surface area contributed by atoms with Gasteiger partial charge >= 0.3 is 0 Å². The van der Waals surface area contributed by atoms with Gasteiger partial charge in [-0.05, 0) is 34.7 Å². The van der Waals surface area contributed by atoms with Gasteiger partial charge in [0.25, 0.3) is 5.91 Å². The Morgan fingerprint density at radius 2 is 1.81 bits per heavy atom. The summed E-state index contributed by atoms with van der Waals surface area (Å²) in [4.78, 5) is 12.1. The van der Waals surface area contributed by atoms with E-state index in [1.54, 1.807) is 6.07 Å². The molecule has 110 valence electrons. The monoisotopic (exact) mass is 282 g/mol. The van der Waals surface area contributed by atoms with E-state index in [2.05, 4.69) is 43.4 Å². The summed E-state index contributed by atoms with van der Waals surface area (Å²) >= 11 is 0. The number of hydrogen-bond donors (Lipinski definition) is 2. The second kappa shape index (κ2) is 7.04. The van der Waals surface area contributed by atoms with Gasteiger partial charge in [0.2, 0.25) is 0 Å². The maximum atomic E-state index is 12.1. The lowest BCUT2D eigenvalue weighted by Crippen LogP contribution is -2.23. The van der Waals surface area contributed by atoms with Crippen LogP contribution in [0.5, 0.6) is 0 Å². The van der Waals surface area contributed by atoms with Gasteiger partial charge in [-0.1, -0.05) is 50.2 Å². The summed E-state index contributed by atoms with van der Waals surface area (Å²) in [6, 6.07) is 15.8. The minimum Gasteiger partial charge on any atom is -0.348 e. The zero-order valence-electron chi connectivity index (χ0n) is 12.6. The number of rotatable bonds is 5. The van der Waals surface area contributed by atoms with E-state index in [4.69, 9.17) is 5.73 Å². The molecule has 0 bridgehead atoms. The van der Waals surface area contributed by atoms with Crippen LogP contribution in [0.4, 0.5) is 0 Å². The lowest BCUT2D eigenvalue weighted by Gasteiger charge is -2.09. The fourth-order valence-electron chi connectivity index (χ4n) is 2.14. The van der Waals surface area contributed by atoms with E-state index in [-0.39, 0.29) is 5.91 Å². The van der Waals surface area contributed by atoms with Gasteiger partial charge in [0.15, 0.2) is 0 Å². The normalized spacial score (nSPS) is 10.7. The molecule has 1 amide bonds. The second-order valence-electron chi connectivity index (χ2n) is 5.48. The molecule has 3 heteroatoms. The third kappa shape index (κ3) is 4.17. The van der Waals surface area contributed by atoms with E-state index >= 15 is 0 Å². The molecular formula is C18H22N2O. The van der Waals surface area contributed by atoms with Crippen LogP contribution in [-0.4, -0.2) is 5.91 Å². The molecule has 0 saturated carbocycles. The number of carbonyl (C=O) groups is 1. The summed E-state index contributed by atoms with van der Waals surface area (Å²) in [6.07, 6.45) is 0. The van der Waals surface area contributed by atoms with Gasteiger partial charge in [-0.25, -0.2) is 0 Å². The molecule has 0 atom stereocenters. The van der Waals surface area contributed by atoms with Crippen molar-refractivity contribution >= 4 is 5.91 Å². The lowest BCUT2D eigenvalue weighted by molar-refractivity contribution is 0.0951. The molecule has 0 heterocycles. The highest BCUT2D eigenvalue weighted by atomic mass is 16.1. The zero-order chi connectivity index (χ0) is 15.2. The predicted molar refractivity (Wildman–Crippen MR) is 86.0 cm³/mol. The van der Waals surface area contributed by atoms with Crippen LogP contribution in [0.1, 0.15) is 46.8 Å². The Morgan fingerprint density at radius 1 is 1.10 bits per heavy atom. The van der Waals surface area contributed by atoms with Crippen molar-refractivity contribution in [3.63, 3.8) is 0 Å². The van der Waals surface area contributed by atoms with Gasteiger partial charge in [-0.15, -0.1) is 0 Å². The maximum absolute atomic E-state index is 12.1. The first-order valence-corrected chi connectivity index (χ1v) is 7.26. The Morgan fingerprint density at radius 3 is 2.43 bits per heavy atom. The quantitative estimate of drug-likeness (QED) is 0.885. The zero-order valence-corrected chi connectivity index (χ0v) is 12.6. The highest BCUT2D eigenvalue weighted by Crippen LogP contribution is 2.14. The van der Waals surface area contributed by atoms with E-state index in [1.165, 1.54) is 5.56 Å². The summed E-state index contributed by atoms with van der Waals surface area (Å²) in [6.45, 7) is 5.31. The summed E-state index contributed by atoms with van der Waals surface area (Å²) in [7, 11) is 0. The smallest absolute Gasteiger partial charge is 0.251 e. The van der Waals surface area contributed by atoms with Gasteiger partial charge in [0.05, 0.1) is 0 Å². The molecule has 2 rings (SSSR count). The van der Waals surface area contributed by atoms with Gasteiger partial charge in [-0.3, -0.25) is 4.79 Å². The van der Waals surface area contributed by atoms with Crippen LogP contribution in [-0.2, 0) is 13.1 Å². The molecule has 2 aromatic rings. The topological polar surface area (TPSA) is 55.1 Å². The number of amides is 1. The lowest BCUT2D eigenvalue weighted by atomic mass is 10.0. The average Bonchev–Trinajstić information content (AvgIpc) is 2.53. The van der Waals surface area contributed by atoms with Crippen molar-refractivity contribution < 1.29 is 4.79 Å². The van der Waals surface area contributed by atoms with E-state index in [0.717, 1.165) is 11.1 Å². The minimum absolute atomic E-state index is 0.0711. The van der Waals surface area contributed by atoms with Crippen LogP contribution >= 0.6 is 0 Å². The maximum Gasteiger partial charge on any atom is 0.251 e. The third-order valence-electron chi connectivity index (χ3n) is 3.52. The Hall–Kier alpha value is -2.13. The molecular weight excluding hydrogens is 260 g/mol. The first kappa shape index (κ1) is 15.3. The Bertz CT molecular complexity index is 603. The Labute approximate surface area is 126 Å². The molecule has 0 unspecified atom stereocenters. The molecule has 21 heavy (non-hydrogen) atoms. The molecule has 0 aliphatic rings. The standard InChI is InChI=1S/C18H22N2O/c1-13(2)16-8-6-14(7-9-16)12-20-18(21)17-5-3-4-15(10-17)11-19/h3-10,13H,11-12,19H2,1-2H3,(H,20,21). The number of nitrogens with one attached hydrogen (secondary N) is 1. The molecule has 2 aromatic carbocycles. The fourth-order valence-corrected chi connectivity index (χ4v) is 2.14. The van der Waals surface area contributed by atoms with Crippen LogP contribution in [0.25, 0.3) is 0 Å². The molecule has 0 radical (unpaired) electrons. The van der Waals surface area contributed by atoms with Crippen molar-refractivity contribution in [3.05, 3.63) is 70.8 Å². The SMILES string of the molecule is CC(C)c1ccc(CNC(=O)c2cccc(CN)c2)cc1. The second-order valence-corrected chi connectivity index (χ2v) is 5.48. The first-order chi connectivity index (χ1) is 10.1. The number of hydrogen-bond acceptors (Lipinski definition) is 2. The fraction of sp³-hybridized carbons (Fsp3) is 0.278. The van der Waals surface area contributed by atoms with Crippen LogP contribution < -0.4 is 11.1 Å². The van der Waals surface area contributed by atoms with Crippen LogP contribution in [0.3, 0.4) is 0 Å². The number of nitrogens with two attached hydrogens (primary N) is 1. The minimum atomic E-state index is -0.0711. The predicted octanol–water partition coefficient (Wildman–Crippen LogP) is 3.20. The van der Waals surface area contributed by atoms with E-state index in [0.29, 0.717) is 24.6 Å². The van der Waals surface area contributed by atoms with Crippen molar-refractivity contribution in [3.8, 4) is 0 Å². The van der Waals surface area contributed by atoms with E-state index < -0.39 is 0 Å². The van der Waals surface area contributed by atoms with Crippen LogP contribution in [0, 0.1) is 0 Å². The molecule has 0 aliphatic carbocycles. The molecule has 0 aromatic heterocycles. The Balaban J connectivity index is 1.97. The van der Waals surface area contributed by atoms with Crippen molar-refractivity contribution in [1.29, 1.82) is 0 Å². The Kier molecular flexibility index (Phi) is 5.12. The van der Waals surface area contributed by atoms with Crippen molar-refractivity contribution in [2.24, 2.45) is 5.73 Å². The van der Waals surface area contributed by atoms with Gasteiger partial charge < -0.3 is 11.1 Å². The molecule has 0 saturated heterocycles. The largest absolute Gasteiger partial charge is 0.348 e. The van der Waals surface area contributed by atoms with Gasteiger partial charge in [0, 0.05) is 18.7 Å². The van der Waals surface area contributed by atoms with E-state index in [1.807, 2.05) is 18.2 Å². The highest BCUT2D eigenvalue weighted by Gasteiger charge is 2.06. The van der Waals surface area contributed by atoms with Crippen LogP contribution in [0.2, 0.25) is 0 Å². The highest BCUT2D eigenvalue weighted by molar-refractivity contribution is 5.94. The van der Waals surface area contributed by atoms with Crippen molar-refractivity contribution in [2.75, 3.05) is 0 Å². The summed E-state index contributed by atoms with van der Waals surface area (Å²) < 4.78 is 0. The van der Waals surface area contributed by atoms with E-state index in [9.17, 15) is 4.79 Å². The molecule has 3 nitrogen and oxygen atoms in total. The molecule has 0 aliphatic heterocycles. The average molecular weight is 282 g/mol. The number of carbonyl (C=O) groups excluding carboxylic acids is 1. The number of benzene rings is 2. The molecule has 3 N–H and O–H groups in total. The van der Waals surface area contributed by atoms with Crippen molar-refractivity contribution in [2.45, 2.75) is 32.9 Å². The first-order valence-electron chi connectivity index (χ1n) is 7.26. The summed E-state index contributed by atoms with van der Waals surface area (Å²) in [5.41, 5.74) is 9.61. The summed E-state index contributed by atoms with van der Waals surface area (Å²) in [5.74, 6) is 0.450. The molecule has 0 fully saturated rings. The van der Waals surface area contributed by atoms with Gasteiger partial charge in [0.1, 0.15) is 0 Å². The van der Waals surface area contributed by atoms with Crippen LogP contribution in [0.15, 0.2) is 48.5 Å². The third-order valence-corrected chi connectivity index (χ3v) is 3.52. The van der Waals surface area contributed by atoms with Crippen molar-refractivity contribution in [1.82, 2.24) is 5.32 Å². The van der Waals surface area contributed by atoms with Gasteiger partial charge in [-0.2, -0.15) is 0 Å².